The van der Waals surface area contributed by atoms with Crippen molar-refractivity contribution >= 4 is 17.2 Å². The van der Waals surface area contributed by atoms with Crippen LogP contribution in [0.15, 0.2) is 72.2 Å². The van der Waals surface area contributed by atoms with E-state index in [0.717, 1.165) is 27.6 Å². The number of hydrogen-bond donors (Lipinski definition) is 1. The molecular formula is C21H18N4OS. The van der Waals surface area contributed by atoms with Gasteiger partial charge in [-0.05, 0) is 19.1 Å². The first-order valence-electron chi connectivity index (χ1n) is 8.60. The van der Waals surface area contributed by atoms with Gasteiger partial charge in [-0.1, -0.05) is 48.5 Å². The molecule has 0 aliphatic heterocycles. The maximum Gasteiger partial charge on any atom is 0.255 e. The molecule has 0 unspecified atom stereocenters. The van der Waals surface area contributed by atoms with Crippen LogP contribution < -0.4 is 5.32 Å². The number of nitrogens with one attached hydrogen (secondary N) is 1. The number of amides is 1. The van der Waals surface area contributed by atoms with Gasteiger partial charge in [-0.15, -0.1) is 11.3 Å². The van der Waals surface area contributed by atoms with Crippen molar-refractivity contribution in [2.75, 3.05) is 0 Å². The number of carbonyl (C=O) groups is 1. The lowest BCUT2D eigenvalue weighted by Gasteiger charge is -2.06. The van der Waals surface area contributed by atoms with Gasteiger partial charge in [-0.25, -0.2) is 9.67 Å². The summed E-state index contributed by atoms with van der Waals surface area (Å²) in [6.07, 6.45) is 1.61. The van der Waals surface area contributed by atoms with Gasteiger partial charge in [0.15, 0.2) is 0 Å². The van der Waals surface area contributed by atoms with Crippen LogP contribution in [0.3, 0.4) is 0 Å². The highest BCUT2D eigenvalue weighted by atomic mass is 32.1. The van der Waals surface area contributed by atoms with E-state index < -0.39 is 0 Å². The predicted octanol–water partition coefficient (Wildman–Crippen LogP) is 4.23. The fourth-order valence-corrected chi connectivity index (χ4v) is 3.66. The number of carbonyl (C=O) groups excluding carboxylic acids is 1. The third-order valence-electron chi connectivity index (χ3n) is 4.26. The van der Waals surface area contributed by atoms with Crippen LogP contribution in [0.25, 0.3) is 16.3 Å². The zero-order valence-electron chi connectivity index (χ0n) is 14.8. The van der Waals surface area contributed by atoms with Crippen LogP contribution in [0.5, 0.6) is 0 Å². The molecule has 5 nitrogen and oxygen atoms in total. The minimum Gasteiger partial charge on any atom is -0.346 e. The van der Waals surface area contributed by atoms with Crippen LogP contribution in [0.4, 0.5) is 0 Å². The lowest BCUT2D eigenvalue weighted by molar-refractivity contribution is 0.0950. The van der Waals surface area contributed by atoms with Gasteiger partial charge in [0.25, 0.3) is 5.91 Å². The molecule has 4 rings (SSSR count). The van der Waals surface area contributed by atoms with Crippen LogP contribution >= 0.6 is 11.3 Å². The maximum atomic E-state index is 12.6. The Morgan fingerprint density at radius 3 is 2.52 bits per heavy atom. The molecular weight excluding hydrogens is 356 g/mol. The van der Waals surface area contributed by atoms with Gasteiger partial charge in [0.2, 0.25) is 0 Å². The monoisotopic (exact) mass is 374 g/mol. The lowest BCUT2D eigenvalue weighted by Crippen LogP contribution is -2.23. The van der Waals surface area contributed by atoms with Gasteiger partial charge < -0.3 is 5.32 Å². The molecule has 2 aromatic heterocycles. The molecule has 1 N–H and O–H groups in total. The normalized spacial score (nSPS) is 10.7. The van der Waals surface area contributed by atoms with E-state index in [1.54, 1.807) is 22.2 Å². The Hall–Kier alpha value is -3.25. The van der Waals surface area contributed by atoms with Gasteiger partial charge in [-0.2, -0.15) is 5.10 Å². The number of thiazole rings is 1. The van der Waals surface area contributed by atoms with Crippen LogP contribution in [0, 0.1) is 6.92 Å². The van der Waals surface area contributed by atoms with Gasteiger partial charge >= 0.3 is 0 Å². The van der Waals surface area contributed by atoms with Gasteiger partial charge in [0.05, 0.1) is 35.4 Å². The molecule has 0 aliphatic rings. The maximum absolute atomic E-state index is 12.6. The van der Waals surface area contributed by atoms with Crippen molar-refractivity contribution in [3.63, 3.8) is 0 Å². The van der Waals surface area contributed by atoms with Crippen molar-refractivity contribution in [3.05, 3.63) is 89.2 Å². The van der Waals surface area contributed by atoms with E-state index in [1.165, 1.54) is 0 Å². The van der Waals surface area contributed by atoms with Gasteiger partial charge in [-0.3, -0.25) is 4.79 Å². The van der Waals surface area contributed by atoms with Crippen LogP contribution in [-0.4, -0.2) is 20.7 Å². The molecule has 2 heterocycles. The Labute approximate surface area is 161 Å². The Bertz CT molecular complexity index is 1050. The number of aromatic nitrogens is 3. The molecule has 0 saturated carbocycles. The van der Waals surface area contributed by atoms with E-state index in [1.807, 2.05) is 73.0 Å². The standard InChI is InChI=1S/C21H18N4OS/c1-15-19(13-23-25(15)18-10-6-3-7-11-18)20(26)22-12-17-14-27-21(24-17)16-8-4-2-5-9-16/h2-11,13-14H,12H2,1H3,(H,22,26). The molecule has 0 bridgehead atoms. The highest BCUT2D eigenvalue weighted by Gasteiger charge is 2.15. The average molecular weight is 374 g/mol. The van der Waals surface area contributed by atoms with E-state index in [4.69, 9.17) is 0 Å². The quantitative estimate of drug-likeness (QED) is 0.569. The van der Waals surface area contributed by atoms with Crippen LogP contribution in [0.1, 0.15) is 21.7 Å². The molecule has 6 heteroatoms. The molecule has 0 spiro atoms. The highest BCUT2D eigenvalue weighted by molar-refractivity contribution is 7.13. The molecule has 0 radical (unpaired) electrons. The fourth-order valence-electron chi connectivity index (χ4n) is 2.83. The van der Waals surface area contributed by atoms with E-state index in [2.05, 4.69) is 15.4 Å². The minimum absolute atomic E-state index is 0.149. The Morgan fingerprint density at radius 2 is 1.78 bits per heavy atom. The topological polar surface area (TPSA) is 59.8 Å². The molecule has 134 valence electrons. The zero-order valence-corrected chi connectivity index (χ0v) is 15.6. The summed E-state index contributed by atoms with van der Waals surface area (Å²) in [6.45, 7) is 2.28. The third kappa shape index (κ3) is 3.66. The summed E-state index contributed by atoms with van der Waals surface area (Å²) in [5.41, 5.74) is 4.24. The van der Waals surface area contributed by atoms with Gasteiger partial charge in [0.1, 0.15) is 5.01 Å². The van der Waals surface area contributed by atoms with Crippen molar-refractivity contribution < 1.29 is 4.79 Å². The number of para-hydroxylation sites is 1. The second-order valence-electron chi connectivity index (χ2n) is 6.08. The summed E-state index contributed by atoms with van der Waals surface area (Å²) in [5, 5.41) is 10.2. The first-order chi connectivity index (χ1) is 13.2. The van der Waals surface area contributed by atoms with E-state index in [0.29, 0.717) is 12.1 Å². The summed E-state index contributed by atoms with van der Waals surface area (Å²) in [5.74, 6) is -0.149. The fraction of sp³-hybridized carbons (Fsp3) is 0.0952. The number of benzene rings is 2. The summed E-state index contributed by atoms with van der Waals surface area (Å²) in [7, 11) is 0. The Balaban J connectivity index is 1.45. The van der Waals surface area contributed by atoms with Crippen molar-refractivity contribution in [2.45, 2.75) is 13.5 Å². The molecule has 2 aromatic carbocycles. The number of hydrogen-bond acceptors (Lipinski definition) is 4. The Kier molecular flexibility index (Phi) is 4.80. The second kappa shape index (κ2) is 7.55. The largest absolute Gasteiger partial charge is 0.346 e. The van der Waals surface area contributed by atoms with Crippen LogP contribution in [0.2, 0.25) is 0 Å². The van der Waals surface area contributed by atoms with E-state index >= 15 is 0 Å². The molecule has 0 aliphatic carbocycles. The second-order valence-corrected chi connectivity index (χ2v) is 6.94. The van der Waals surface area contributed by atoms with E-state index in [9.17, 15) is 4.79 Å². The smallest absolute Gasteiger partial charge is 0.255 e. The third-order valence-corrected chi connectivity index (χ3v) is 5.20. The van der Waals surface area contributed by atoms with Crippen LogP contribution in [-0.2, 0) is 6.54 Å². The summed E-state index contributed by atoms with van der Waals surface area (Å²) in [6, 6.07) is 19.8. The summed E-state index contributed by atoms with van der Waals surface area (Å²) < 4.78 is 1.77. The molecule has 4 aromatic rings. The predicted molar refractivity (Wildman–Crippen MR) is 107 cm³/mol. The molecule has 1 amide bonds. The van der Waals surface area contributed by atoms with Gasteiger partial charge in [0, 0.05) is 10.9 Å². The number of rotatable bonds is 5. The lowest BCUT2D eigenvalue weighted by atomic mass is 10.2. The van der Waals surface area contributed by atoms with Crippen molar-refractivity contribution in [3.8, 4) is 16.3 Å². The number of nitrogens with zero attached hydrogens (tertiary/aromatic N) is 3. The zero-order chi connectivity index (χ0) is 18.6. The van der Waals surface area contributed by atoms with Crippen molar-refractivity contribution in [1.82, 2.24) is 20.1 Å². The van der Waals surface area contributed by atoms with Crippen molar-refractivity contribution in [1.29, 1.82) is 0 Å². The first-order valence-corrected chi connectivity index (χ1v) is 9.48. The highest BCUT2D eigenvalue weighted by Crippen LogP contribution is 2.23. The summed E-state index contributed by atoms with van der Waals surface area (Å²) >= 11 is 1.58. The SMILES string of the molecule is Cc1c(C(=O)NCc2csc(-c3ccccc3)n2)cnn1-c1ccccc1. The molecule has 0 saturated heterocycles. The Morgan fingerprint density at radius 1 is 1.07 bits per heavy atom. The molecule has 0 fully saturated rings. The minimum atomic E-state index is -0.149. The molecule has 27 heavy (non-hydrogen) atoms. The van der Waals surface area contributed by atoms with Crippen molar-refractivity contribution in [2.24, 2.45) is 0 Å². The first kappa shape index (κ1) is 17.2. The van der Waals surface area contributed by atoms with E-state index in [-0.39, 0.29) is 5.91 Å². The summed E-state index contributed by atoms with van der Waals surface area (Å²) in [4.78, 5) is 17.2. The average Bonchev–Trinajstić information content (AvgIpc) is 3.34. The molecule has 0 atom stereocenters.